The van der Waals surface area contributed by atoms with E-state index in [1.807, 2.05) is 11.3 Å². The first-order valence-electron chi connectivity index (χ1n) is 7.05. The van der Waals surface area contributed by atoms with Crippen molar-refractivity contribution in [3.8, 4) is 0 Å². The average molecular weight is 247 g/mol. The summed E-state index contributed by atoms with van der Waals surface area (Å²) in [6.45, 7) is 0.737. The first-order chi connectivity index (χ1) is 8.29. The molecular weight excluding hydrogens is 226 g/mol. The van der Waals surface area contributed by atoms with Crippen LogP contribution in [0, 0.1) is 17.8 Å². The largest absolute Gasteiger partial charge is 0.326 e. The van der Waals surface area contributed by atoms with Crippen LogP contribution in [-0.4, -0.2) is 0 Å². The van der Waals surface area contributed by atoms with Crippen LogP contribution in [0.5, 0.6) is 0 Å². The lowest BCUT2D eigenvalue weighted by molar-refractivity contribution is -0.00536. The summed E-state index contributed by atoms with van der Waals surface area (Å²) < 4.78 is 0. The summed E-state index contributed by atoms with van der Waals surface area (Å²) in [7, 11) is 0. The number of rotatable bonds is 2. The zero-order chi connectivity index (χ0) is 11.5. The van der Waals surface area contributed by atoms with E-state index in [0.29, 0.717) is 5.41 Å². The van der Waals surface area contributed by atoms with E-state index in [9.17, 15) is 0 Å². The minimum absolute atomic E-state index is 0.545. The molecular formula is C15H21NS. The molecule has 0 amide bonds. The molecule has 17 heavy (non-hydrogen) atoms. The van der Waals surface area contributed by atoms with Crippen LogP contribution >= 0.6 is 11.3 Å². The van der Waals surface area contributed by atoms with Gasteiger partial charge in [-0.05, 0) is 83.6 Å². The van der Waals surface area contributed by atoms with Crippen LogP contribution < -0.4 is 5.73 Å². The van der Waals surface area contributed by atoms with E-state index in [1.165, 1.54) is 44.1 Å². The normalized spacial score (nSPS) is 43.2. The Morgan fingerprint density at radius 1 is 1.06 bits per heavy atom. The number of thiophene rings is 1. The van der Waals surface area contributed by atoms with Gasteiger partial charge in [0, 0.05) is 6.54 Å². The third kappa shape index (κ3) is 1.47. The molecule has 2 heteroatoms. The van der Waals surface area contributed by atoms with Crippen LogP contribution in [0.15, 0.2) is 10.8 Å². The number of nitrogens with two attached hydrogens (primary N) is 1. The first-order valence-corrected chi connectivity index (χ1v) is 7.99. The molecule has 4 aliphatic rings. The quantitative estimate of drug-likeness (QED) is 0.847. The molecule has 0 aromatic carbocycles. The molecule has 4 fully saturated rings. The van der Waals surface area contributed by atoms with Gasteiger partial charge in [-0.1, -0.05) is 0 Å². The lowest BCUT2D eigenvalue weighted by Crippen LogP contribution is -2.48. The molecule has 0 unspecified atom stereocenters. The van der Waals surface area contributed by atoms with Crippen LogP contribution in [0.2, 0.25) is 0 Å². The van der Waals surface area contributed by atoms with Gasteiger partial charge in [0.1, 0.15) is 0 Å². The molecule has 4 saturated carbocycles. The molecule has 0 atom stereocenters. The summed E-state index contributed by atoms with van der Waals surface area (Å²) in [6.07, 6.45) is 8.97. The maximum atomic E-state index is 5.92. The minimum Gasteiger partial charge on any atom is -0.326 e. The van der Waals surface area contributed by atoms with Crippen molar-refractivity contribution >= 4 is 11.3 Å². The Balaban J connectivity index is 1.77. The fourth-order valence-electron chi connectivity index (χ4n) is 5.39. The van der Waals surface area contributed by atoms with Crippen molar-refractivity contribution in [3.63, 3.8) is 0 Å². The molecule has 0 radical (unpaired) electrons. The van der Waals surface area contributed by atoms with E-state index in [-0.39, 0.29) is 0 Å². The lowest BCUT2D eigenvalue weighted by Gasteiger charge is -2.57. The molecule has 0 aliphatic heterocycles. The SMILES string of the molecule is NCc1cscc1C12CC3CC(CC(C3)C1)C2. The van der Waals surface area contributed by atoms with Gasteiger partial charge in [-0.15, -0.1) is 0 Å². The Labute approximate surface area is 107 Å². The zero-order valence-corrected chi connectivity index (χ0v) is 11.1. The van der Waals surface area contributed by atoms with Gasteiger partial charge in [-0.25, -0.2) is 0 Å². The van der Waals surface area contributed by atoms with Crippen LogP contribution in [0.3, 0.4) is 0 Å². The smallest absolute Gasteiger partial charge is 0.0189 e. The van der Waals surface area contributed by atoms with Crippen molar-refractivity contribution in [2.24, 2.45) is 23.5 Å². The summed E-state index contributed by atoms with van der Waals surface area (Å²) in [5.74, 6) is 3.10. The molecule has 1 aromatic heterocycles. The van der Waals surface area contributed by atoms with E-state index < -0.39 is 0 Å². The highest BCUT2D eigenvalue weighted by Crippen LogP contribution is 2.61. The third-order valence-corrected chi connectivity index (χ3v) is 6.36. The lowest BCUT2D eigenvalue weighted by atomic mass is 9.48. The van der Waals surface area contributed by atoms with Crippen molar-refractivity contribution in [1.82, 2.24) is 0 Å². The van der Waals surface area contributed by atoms with Gasteiger partial charge in [0.15, 0.2) is 0 Å². The summed E-state index contributed by atoms with van der Waals surface area (Å²) in [5, 5.41) is 4.70. The zero-order valence-electron chi connectivity index (χ0n) is 10.3. The van der Waals surface area contributed by atoms with Gasteiger partial charge in [-0.2, -0.15) is 11.3 Å². The molecule has 92 valence electrons. The van der Waals surface area contributed by atoms with Crippen molar-refractivity contribution in [2.75, 3.05) is 0 Å². The summed E-state index contributed by atoms with van der Waals surface area (Å²) in [6, 6.07) is 0. The molecule has 4 aliphatic carbocycles. The molecule has 2 N–H and O–H groups in total. The third-order valence-electron chi connectivity index (χ3n) is 5.57. The monoisotopic (exact) mass is 247 g/mol. The van der Waals surface area contributed by atoms with Gasteiger partial charge in [-0.3, -0.25) is 0 Å². The highest BCUT2D eigenvalue weighted by atomic mass is 32.1. The minimum atomic E-state index is 0.545. The maximum Gasteiger partial charge on any atom is 0.0189 e. The molecule has 5 rings (SSSR count). The second kappa shape index (κ2) is 3.58. The second-order valence-corrected chi connectivity index (χ2v) is 7.46. The Hall–Kier alpha value is -0.340. The maximum absolute atomic E-state index is 5.92. The highest BCUT2D eigenvalue weighted by Gasteiger charge is 2.52. The summed E-state index contributed by atoms with van der Waals surface area (Å²) in [4.78, 5) is 0. The predicted octanol–water partition coefficient (Wildman–Crippen LogP) is 3.67. The first kappa shape index (κ1) is 10.6. The summed E-state index contributed by atoms with van der Waals surface area (Å²) in [5.41, 5.74) is 9.55. The predicted molar refractivity (Wildman–Crippen MR) is 72.1 cm³/mol. The fourth-order valence-corrected chi connectivity index (χ4v) is 6.38. The van der Waals surface area contributed by atoms with Crippen LogP contribution in [0.25, 0.3) is 0 Å². The Kier molecular flexibility index (Phi) is 2.23. The van der Waals surface area contributed by atoms with Crippen LogP contribution in [0.1, 0.15) is 49.7 Å². The fraction of sp³-hybridized carbons (Fsp3) is 0.733. The van der Waals surface area contributed by atoms with Crippen molar-refractivity contribution in [1.29, 1.82) is 0 Å². The molecule has 0 saturated heterocycles. The average Bonchev–Trinajstić information content (AvgIpc) is 2.75. The van der Waals surface area contributed by atoms with E-state index in [0.717, 1.165) is 24.3 Å². The standard InChI is InChI=1S/C15H21NS/c16-7-13-8-17-9-14(13)15-4-10-1-11(5-15)3-12(2-10)6-15/h8-12H,1-7,16H2. The van der Waals surface area contributed by atoms with Gasteiger partial charge >= 0.3 is 0 Å². The van der Waals surface area contributed by atoms with Gasteiger partial charge in [0.05, 0.1) is 0 Å². The van der Waals surface area contributed by atoms with E-state index >= 15 is 0 Å². The van der Waals surface area contributed by atoms with Gasteiger partial charge < -0.3 is 5.73 Å². The number of hydrogen-bond donors (Lipinski definition) is 1. The van der Waals surface area contributed by atoms with Crippen molar-refractivity contribution in [3.05, 3.63) is 21.9 Å². The summed E-state index contributed by atoms with van der Waals surface area (Å²) >= 11 is 1.86. The Morgan fingerprint density at radius 2 is 1.65 bits per heavy atom. The molecule has 1 nitrogen and oxygen atoms in total. The van der Waals surface area contributed by atoms with Crippen LogP contribution in [-0.2, 0) is 12.0 Å². The Morgan fingerprint density at radius 3 is 2.18 bits per heavy atom. The van der Waals surface area contributed by atoms with E-state index in [2.05, 4.69) is 10.8 Å². The number of hydrogen-bond acceptors (Lipinski definition) is 2. The van der Waals surface area contributed by atoms with E-state index in [4.69, 9.17) is 5.73 Å². The van der Waals surface area contributed by atoms with Gasteiger partial charge in [0.25, 0.3) is 0 Å². The van der Waals surface area contributed by atoms with Crippen molar-refractivity contribution in [2.45, 2.75) is 50.5 Å². The molecule has 4 bridgehead atoms. The second-order valence-electron chi connectivity index (χ2n) is 6.71. The molecule has 1 heterocycles. The van der Waals surface area contributed by atoms with Crippen LogP contribution in [0.4, 0.5) is 0 Å². The topological polar surface area (TPSA) is 26.0 Å². The molecule has 1 aromatic rings. The van der Waals surface area contributed by atoms with E-state index in [1.54, 1.807) is 5.56 Å². The molecule has 0 spiro atoms. The van der Waals surface area contributed by atoms with Crippen molar-refractivity contribution < 1.29 is 0 Å². The van der Waals surface area contributed by atoms with Gasteiger partial charge in [0.2, 0.25) is 0 Å². The highest BCUT2D eigenvalue weighted by molar-refractivity contribution is 7.08. The Bertz CT molecular complexity index is 399.